The van der Waals surface area contributed by atoms with Gasteiger partial charge < -0.3 is 136 Å². The van der Waals surface area contributed by atoms with Crippen molar-refractivity contribution >= 4 is 59.3 Å². The molecule has 133 heavy (non-hydrogen) atoms. The number of ether oxygens (including phenoxy) is 9. The lowest BCUT2D eigenvalue weighted by Gasteiger charge is -2.30. The average molecular weight is 1910 g/mol. The van der Waals surface area contributed by atoms with E-state index in [0.717, 1.165) is 94.7 Å². The zero-order chi connectivity index (χ0) is 97.6. The van der Waals surface area contributed by atoms with Crippen molar-refractivity contribution in [3.63, 3.8) is 0 Å². The molecule has 8 atom stereocenters. The van der Waals surface area contributed by atoms with Crippen LogP contribution < -0.4 is 75.9 Å². The summed E-state index contributed by atoms with van der Waals surface area (Å²) in [5.74, 6) is -2.72. The van der Waals surface area contributed by atoms with Gasteiger partial charge in [-0.1, -0.05) is 87.6 Å². The number of carboxylic acids is 2. The highest BCUT2D eigenvalue weighted by Crippen LogP contribution is 2.24. The Morgan fingerprint density at radius 1 is 0.436 bits per heavy atom. The number of aliphatic carboxylic acids is 2. The Hall–Kier alpha value is -12.2. The van der Waals surface area contributed by atoms with Crippen LogP contribution in [0.1, 0.15) is 167 Å². The van der Waals surface area contributed by atoms with Crippen molar-refractivity contribution in [2.24, 2.45) is 0 Å². The minimum Gasteiger partial charge on any atom is -1.00 e. The first kappa shape index (κ1) is 129. The molecule has 36 nitrogen and oxygen atoms in total. The second-order valence-electron chi connectivity index (χ2n) is 28.9. The summed E-state index contributed by atoms with van der Waals surface area (Å²) in [6.45, 7) is 13.9. The van der Waals surface area contributed by atoms with Gasteiger partial charge in [-0.3, -0.25) is 38.9 Å². The normalized spacial score (nSPS) is 12.6. The van der Waals surface area contributed by atoms with Gasteiger partial charge >= 0.3 is 42.0 Å². The zero-order valence-corrected chi connectivity index (χ0v) is 77.9. The van der Waals surface area contributed by atoms with Crippen LogP contribution in [0.3, 0.4) is 0 Å². The highest BCUT2D eigenvalue weighted by Gasteiger charge is 2.49. The number of phenols is 1. The molecule has 6 aromatic carbocycles. The zero-order valence-electron chi connectivity index (χ0n) is 76.4. The number of hydrogen-bond donors (Lipinski definition) is 14. The summed E-state index contributed by atoms with van der Waals surface area (Å²) in [4.78, 5) is 115. The molecule has 0 heterocycles. The summed E-state index contributed by atoms with van der Waals surface area (Å²) in [5.41, 5.74) is 6.36. The molecule has 740 valence electrons. The summed E-state index contributed by atoms with van der Waals surface area (Å²) >= 11 is 0. The smallest absolute Gasteiger partial charge is 0.413 e. The molecule has 0 aliphatic heterocycles. The lowest BCUT2D eigenvalue weighted by atomic mass is 9.90. The molecular formula is C95H138Cl2N8O28. The maximum atomic E-state index is 12.5. The number of rotatable bonds is 46. The molecule has 0 aliphatic rings. The SMILES string of the molecule is C.C.CCOC(=O)C(C#N)(NC(C)=O)C(=O)CCCc1ccc(OC)cc1.CCOC(=O)CCCc1ccc(O)cc1.COC(=O)C([NH3+])(CO)C(O)CCCc1ccc(OC)cc1.COc1ccc(CCCC(=O)O)cc1.COc1ccc(CCCC(O)C(C#N)(CO)NC(C)=O)cc1.COc1ccc(CCCC(O)C([NH3+])(CO)C(=O)O)cc1.[C-]#[N+]C(NC(C)=O)C(=O)OCC.[Cl-].[Cl-]. The van der Waals surface area contributed by atoms with Crippen LogP contribution in [0.4, 0.5) is 0 Å². The molecule has 0 saturated carbocycles. The second kappa shape index (κ2) is 72.4. The Morgan fingerprint density at radius 3 is 1.04 bits per heavy atom. The number of quaternary nitrogens is 2. The van der Waals surface area contributed by atoms with E-state index in [2.05, 4.69) is 41.7 Å². The maximum absolute atomic E-state index is 12.5. The van der Waals surface area contributed by atoms with Crippen molar-refractivity contribution in [2.75, 3.05) is 82.3 Å². The van der Waals surface area contributed by atoms with E-state index in [0.29, 0.717) is 77.2 Å². The number of amides is 3. The molecule has 0 bridgehead atoms. The van der Waals surface area contributed by atoms with Crippen molar-refractivity contribution < 1.29 is 173 Å². The largest absolute Gasteiger partial charge is 1.00 e. The van der Waals surface area contributed by atoms with Crippen molar-refractivity contribution in [3.8, 4) is 46.6 Å². The fraction of sp³-hybridized carbons (Fsp3) is 0.484. The van der Waals surface area contributed by atoms with Crippen LogP contribution in [0.15, 0.2) is 146 Å². The van der Waals surface area contributed by atoms with Crippen LogP contribution in [0.5, 0.6) is 34.5 Å². The van der Waals surface area contributed by atoms with Crippen LogP contribution in [-0.2, 0) is 105 Å². The fourth-order valence-electron chi connectivity index (χ4n) is 11.6. The first-order valence-corrected chi connectivity index (χ1v) is 41.4. The number of nitrogens with zero attached hydrogens (tertiary/aromatic N) is 3. The molecule has 0 radical (unpaired) electrons. The van der Waals surface area contributed by atoms with Crippen LogP contribution in [0.2, 0.25) is 0 Å². The Morgan fingerprint density at radius 2 is 0.759 bits per heavy atom. The van der Waals surface area contributed by atoms with Gasteiger partial charge in [-0.05, 0) is 223 Å². The number of aliphatic hydroxyl groups is 6. The number of esters is 4. The third kappa shape index (κ3) is 50.3. The van der Waals surface area contributed by atoms with Crippen LogP contribution in [0.25, 0.3) is 4.85 Å². The van der Waals surface area contributed by atoms with E-state index in [1.807, 2.05) is 140 Å². The van der Waals surface area contributed by atoms with Gasteiger partial charge in [-0.2, -0.15) is 10.5 Å². The Labute approximate surface area is 792 Å². The predicted molar refractivity (Wildman–Crippen MR) is 485 cm³/mol. The standard InChI is InChI=1S/C18H22N2O5.C16H22N2O4.C15H23NO5.C14H21NO5.C12H16O3.C11H14O3.C7H10N2O3.2CH4.2ClH/c1-4-25-17(23)18(12-19,20-13(2)21)16(22)7-5-6-14-8-10-15(24-3)11-9-14;1-12(20)18-16(10-17,11-19)15(21)5-3-4-13-6-8-14(22-2)9-7-13;1-20-12-8-6-11(7-9-12)4-3-5-13(18)15(16,10-17)14(19)21-2;1-20-11-7-5-10(6-8-11)3-2-4-12(17)14(15,9-16)13(18)19;1-2-15-12(14)5-3-4-10-6-8-11(13)9-7-10;1-14-10-7-5-9(6-8-10)3-2-4-11(12)13;1-4-12-7(11)6(8-3)9-5(2)10;;;;/h8-11H,4-7H2,1-3H3,(H,20,21);6-9,15,19,21H,3-5,11H2,1-2H3,(H,18,20);6-9,13,17-18H,3-5,10,16H2,1-2H3;5-8,12,16-17H,2-4,9,15H2,1H3,(H,18,19);6-9,13H,2-5H2,1H3;5-8H,2-4H2,1H3,(H,12,13);6H,4H2,1-2H3,(H,9,10);2*1H4;2*1H. The minimum absolute atomic E-state index is 0. The summed E-state index contributed by atoms with van der Waals surface area (Å²) in [7, 11) is 9.22. The molecule has 0 saturated heterocycles. The topological polar surface area (TPSA) is 579 Å². The number of carboxylic acid groups (broad SMARTS) is 2. The number of phenolic OH excluding ortho intramolecular Hbond substituents is 1. The molecular weight excluding hydrogens is 1770 g/mol. The number of carbonyl (C=O) groups excluding carboxylic acids is 8. The van der Waals surface area contributed by atoms with Gasteiger partial charge in [-0.15, -0.1) is 0 Å². The monoisotopic (exact) mass is 1910 g/mol. The van der Waals surface area contributed by atoms with Gasteiger partial charge in [0.05, 0.1) is 81.3 Å². The van der Waals surface area contributed by atoms with Crippen LogP contribution >= 0.6 is 0 Å². The maximum Gasteiger partial charge on any atom is 0.413 e. The molecule has 6 aromatic rings. The minimum atomic E-state index is -2.29. The van der Waals surface area contributed by atoms with Gasteiger partial charge in [0.25, 0.3) is 5.54 Å². The molecule has 0 aromatic heterocycles. The van der Waals surface area contributed by atoms with Gasteiger partial charge in [0.2, 0.25) is 28.8 Å². The lowest BCUT2D eigenvalue weighted by molar-refractivity contribution is -0.486. The third-order valence-electron chi connectivity index (χ3n) is 19.2. The number of hydrogen-bond acceptors (Lipinski definition) is 28. The van der Waals surface area contributed by atoms with Gasteiger partial charge in [-0.25, -0.2) is 25.8 Å². The van der Waals surface area contributed by atoms with Crippen LogP contribution in [-0.4, -0.2) is 234 Å². The Bertz CT molecular complexity index is 4450. The highest BCUT2D eigenvalue weighted by atomic mass is 35.5. The first-order chi connectivity index (χ1) is 61.3. The van der Waals surface area contributed by atoms with Crippen molar-refractivity contribution in [3.05, 3.63) is 190 Å². The number of carbonyl (C=O) groups is 10. The molecule has 8 unspecified atom stereocenters. The van der Waals surface area contributed by atoms with E-state index in [9.17, 15) is 84.0 Å². The van der Waals surface area contributed by atoms with E-state index in [1.54, 1.807) is 74.5 Å². The number of aryl methyl sites for hydroxylation is 6. The Balaban J connectivity index is -0.000000482. The number of ketones is 1. The summed E-state index contributed by atoms with van der Waals surface area (Å²) < 4.78 is 44.0. The number of nitriles is 2. The number of halogens is 2. The molecule has 0 fully saturated rings. The molecule has 3 amide bonds. The van der Waals surface area contributed by atoms with Gasteiger partial charge in [0.1, 0.15) is 66.0 Å². The van der Waals surface area contributed by atoms with Crippen molar-refractivity contribution in [2.45, 2.75) is 219 Å². The lowest BCUT2D eigenvalue weighted by Crippen LogP contribution is -3.00. The Kier molecular flexibility index (Phi) is 70.3. The van der Waals surface area contributed by atoms with E-state index in [-0.39, 0.29) is 83.9 Å². The highest BCUT2D eigenvalue weighted by molar-refractivity contribution is 6.14. The average Bonchev–Trinajstić information content (AvgIpc) is 0.821. The molecule has 18 N–H and O–H groups in total. The molecule has 38 heteroatoms. The van der Waals surface area contributed by atoms with Crippen molar-refractivity contribution in [1.29, 1.82) is 10.5 Å². The number of aliphatic hydroxyl groups excluding tert-OH is 6. The van der Waals surface area contributed by atoms with E-state index >= 15 is 0 Å². The number of benzene rings is 6. The van der Waals surface area contributed by atoms with E-state index in [4.69, 9.17) is 60.2 Å². The van der Waals surface area contributed by atoms with E-state index in [1.165, 1.54) is 21.0 Å². The predicted octanol–water partition coefficient (Wildman–Crippen LogP) is 0.871. The van der Waals surface area contributed by atoms with E-state index < -0.39 is 120 Å². The molecule has 0 spiro atoms. The summed E-state index contributed by atoms with van der Waals surface area (Å²) in [6.07, 6.45) is 5.17. The third-order valence-corrected chi connectivity index (χ3v) is 19.2. The molecule has 0 aliphatic carbocycles. The summed E-state index contributed by atoms with van der Waals surface area (Å²) in [5, 5.41) is 110. The fourth-order valence-corrected chi connectivity index (χ4v) is 11.6. The number of Topliss-reactive ketones (excluding diaryl/α,β-unsaturated/α-hetero) is 1. The van der Waals surface area contributed by atoms with Crippen LogP contribution in [0, 0.1) is 29.2 Å². The number of aromatic hydroxyl groups is 1. The summed E-state index contributed by atoms with van der Waals surface area (Å²) in [6, 6.07) is 48.3. The van der Waals surface area contributed by atoms with Gasteiger partial charge in [0.15, 0.2) is 11.3 Å². The first-order valence-electron chi connectivity index (χ1n) is 41.4. The van der Waals surface area contributed by atoms with Crippen molar-refractivity contribution in [1.82, 2.24) is 16.0 Å². The second-order valence-corrected chi connectivity index (χ2v) is 28.9. The number of methoxy groups -OCH3 is 6. The quantitative estimate of drug-likeness (QED) is 0.0109. The molecule has 6 rings (SSSR count). The number of nitrogens with one attached hydrogen (secondary N) is 3. The van der Waals surface area contributed by atoms with Gasteiger partial charge in [0, 0.05) is 40.0 Å².